The molecule has 0 spiro atoms. The van der Waals surface area contributed by atoms with Crippen molar-refractivity contribution < 1.29 is 9.59 Å². The van der Waals surface area contributed by atoms with Crippen LogP contribution in [0.3, 0.4) is 0 Å². The summed E-state index contributed by atoms with van der Waals surface area (Å²) in [6, 6.07) is 0. The van der Waals surface area contributed by atoms with Crippen molar-refractivity contribution in [2.75, 3.05) is 40.3 Å². The third kappa shape index (κ3) is 6.97. The number of amides is 2. The first-order valence-corrected chi connectivity index (χ1v) is 8.14. The standard InChI is InChI=1S/C16H31N3O2.ClH/c1-5-9-19(12-16(21)18(3)4)15(20)10-13(2)14-7-6-8-17-11-14;/h13-14,17H,5-12H2,1-4H3;1H. The van der Waals surface area contributed by atoms with E-state index in [0.717, 1.165) is 19.5 Å². The fourth-order valence-electron chi connectivity index (χ4n) is 2.80. The molecule has 0 aliphatic carbocycles. The lowest BCUT2D eigenvalue weighted by Crippen LogP contribution is -2.42. The van der Waals surface area contributed by atoms with Gasteiger partial charge in [0.05, 0.1) is 6.54 Å². The van der Waals surface area contributed by atoms with Gasteiger partial charge in [0, 0.05) is 27.1 Å². The maximum Gasteiger partial charge on any atom is 0.241 e. The highest BCUT2D eigenvalue weighted by Gasteiger charge is 2.25. The highest BCUT2D eigenvalue weighted by Crippen LogP contribution is 2.23. The third-order valence-electron chi connectivity index (χ3n) is 4.31. The van der Waals surface area contributed by atoms with E-state index in [1.165, 1.54) is 12.8 Å². The van der Waals surface area contributed by atoms with Crippen LogP contribution < -0.4 is 5.32 Å². The van der Waals surface area contributed by atoms with Gasteiger partial charge in [-0.3, -0.25) is 9.59 Å². The maximum atomic E-state index is 12.5. The van der Waals surface area contributed by atoms with E-state index in [9.17, 15) is 9.59 Å². The largest absolute Gasteiger partial charge is 0.347 e. The molecule has 0 radical (unpaired) electrons. The van der Waals surface area contributed by atoms with E-state index < -0.39 is 0 Å². The summed E-state index contributed by atoms with van der Waals surface area (Å²) in [5.41, 5.74) is 0. The van der Waals surface area contributed by atoms with Crippen molar-refractivity contribution in [1.29, 1.82) is 0 Å². The van der Waals surface area contributed by atoms with Crippen LogP contribution in [0.2, 0.25) is 0 Å². The fourth-order valence-corrected chi connectivity index (χ4v) is 2.80. The average molecular weight is 334 g/mol. The second-order valence-electron chi connectivity index (χ2n) is 6.39. The van der Waals surface area contributed by atoms with Crippen LogP contribution in [0.15, 0.2) is 0 Å². The quantitative estimate of drug-likeness (QED) is 0.772. The lowest BCUT2D eigenvalue weighted by atomic mass is 9.85. The number of halogens is 1. The number of hydrogen-bond donors (Lipinski definition) is 1. The summed E-state index contributed by atoms with van der Waals surface area (Å²) in [5, 5.41) is 3.40. The first-order valence-electron chi connectivity index (χ1n) is 8.14. The molecule has 0 saturated carbocycles. The van der Waals surface area contributed by atoms with Gasteiger partial charge in [0.15, 0.2) is 0 Å². The number of nitrogens with one attached hydrogen (secondary N) is 1. The molecule has 2 atom stereocenters. The van der Waals surface area contributed by atoms with Crippen LogP contribution in [0.25, 0.3) is 0 Å². The summed E-state index contributed by atoms with van der Waals surface area (Å²) in [6.07, 6.45) is 3.83. The predicted molar refractivity (Wildman–Crippen MR) is 92.2 cm³/mol. The first-order chi connectivity index (χ1) is 9.95. The molecule has 1 saturated heterocycles. The molecule has 1 fully saturated rings. The number of hydrogen-bond acceptors (Lipinski definition) is 3. The molecular weight excluding hydrogens is 302 g/mol. The molecule has 1 heterocycles. The zero-order valence-electron chi connectivity index (χ0n) is 14.4. The van der Waals surface area contributed by atoms with E-state index in [1.807, 2.05) is 6.92 Å². The molecule has 130 valence electrons. The van der Waals surface area contributed by atoms with E-state index in [4.69, 9.17) is 0 Å². The van der Waals surface area contributed by atoms with Crippen LogP contribution in [-0.4, -0.2) is 61.9 Å². The number of likely N-dealkylation sites (N-methyl/N-ethyl adjacent to an activating group) is 1. The second-order valence-corrected chi connectivity index (χ2v) is 6.39. The molecule has 0 aromatic carbocycles. The summed E-state index contributed by atoms with van der Waals surface area (Å²) >= 11 is 0. The van der Waals surface area contributed by atoms with Crippen molar-refractivity contribution in [2.24, 2.45) is 11.8 Å². The van der Waals surface area contributed by atoms with Crippen LogP contribution in [0.1, 0.15) is 39.5 Å². The molecule has 22 heavy (non-hydrogen) atoms. The molecule has 5 nitrogen and oxygen atoms in total. The number of carbonyl (C=O) groups is 2. The Labute approximate surface area is 141 Å². The molecule has 1 rings (SSSR count). The van der Waals surface area contributed by atoms with Gasteiger partial charge in [-0.1, -0.05) is 13.8 Å². The summed E-state index contributed by atoms with van der Waals surface area (Å²) < 4.78 is 0. The second kappa shape index (κ2) is 10.8. The van der Waals surface area contributed by atoms with Crippen molar-refractivity contribution in [1.82, 2.24) is 15.1 Å². The number of carbonyl (C=O) groups excluding carboxylic acids is 2. The van der Waals surface area contributed by atoms with Gasteiger partial charge in [-0.2, -0.15) is 0 Å². The minimum atomic E-state index is -0.0104. The number of piperidine rings is 1. The monoisotopic (exact) mass is 333 g/mol. The van der Waals surface area contributed by atoms with Gasteiger partial charge in [-0.15, -0.1) is 12.4 Å². The topological polar surface area (TPSA) is 52.7 Å². The lowest BCUT2D eigenvalue weighted by molar-refractivity contribution is -0.140. The summed E-state index contributed by atoms with van der Waals surface area (Å²) in [6.45, 7) is 7.17. The van der Waals surface area contributed by atoms with E-state index in [-0.39, 0.29) is 30.8 Å². The van der Waals surface area contributed by atoms with Gasteiger partial charge in [0.2, 0.25) is 11.8 Å². The predicted octanol–water partition coefficient (Wildman–Crippen LogP) is 1.76. The molecule has 1 aliphatic heterocycles. The van der Waals surface area contributed by atoms with Gasteiger partial charge in [-0.05, 0) is 44.2 Å². The minimum Gasteiger partial charge on any atom is -0.347 e. The third-order valence-corrected chi connectivity index (χ3v) is 4.31. The Kier molecular flexibility index (Phi) is 10.4. The normalized spacial score (nSPS) is 19.0. The Bertz CT molecular complexity index is 344. The Balaban J connectivity index is 0.00000441. The Hall–Kier alpha value is -0.810. The van der Waals surface area contributed by atoms with E-state index in [0.29, 0.717) is 24.8 Å². The Morgan fingerprint density at radius 2 is 1.95 bits per heavy atom. The minimum absolute atomic E-state index is 0. The first kappa shape index (κ1) is 21.2. The van der Waals surface area contributed by atoms with Crippen molar-refractivity contribution in [2.45, 2.75) is 39.5 Å². The van der Waals surface area contributed by atoms with Crippen molar-refractivity contribution in [3.63, 3.8) is 0 Å². The molecule has 2 amide bonds. The van der Waals surface area contributed by atoms with Gasteiger partial charge in [-0.25, -0.2) is 0 Å². The molecule has 1 aliphatic rings. The lowest BCUT2D eigenvalue weighted by Gasteiger charge is -2.30. The molecule has 6 heteroatoms. The zero-order chi connectivity index (χ0) is 15.8. The van der Waals surface area contributed by atoms with Crippen LogP contribution in [0.4, 0.5) is 0 Å². The highest BCUT2D eigenvalue weighted by molar-refractivity contribution is 5.85. The number of rotatable bonds is 7. The Morgan fingerprint density at radius 3 is 2.45 bits per heavy atom. The van der Waals surface area contributed by atoms with Crippen LogP contribution in [-0.2, 0) is 9.59 Å². The molecule has 0 aromatic heterocycles. The van der Waals surface area contributed by atoms with Crippen molar-refractivity contribution in [3.05, 3.63) is 0 Å². The van der Waals surface area contributed by atoms with Crippen LogP contribution in [0.5, 0.6) is 0 Å². The average Bonchev–Trinajstić information content (AvgIpc) is 2.47. The zero-order valence-corrected chi connectivity index (χ0v) is 15.2. The molecule has 2 unspecified atom stereocenters. The SMILES string of the molecule is CCCN(CC(=O)N(C)C)C(=O)CC(C)C1CCCNC1.Cl. The molecular formula is C16H32ClN3O2. The van der Waals surface area contributed by atoms with Crippen molar-refractivity contribution in [3.8, 4) is 0 Å². The van der Waals surface area contributed by atoms with Gasteiger partial charge < -0.3 is 15.1 Å². The smallest absolute Gasteiger partial charge is 0.241 e. The molecule has 1 N–H and O–H groups in total. The number of nitrogens with zero attached hydrogens (tertiary/aromatic N) is 2. The Morgan fingerprint density at radius 1 is 1.27 bits per heavy atom. The summed E-state index contributed by atoms with van der Waals surface area (Å²) in [5.74, 6) is 1.06. The summed E-state index contributed by atoms with van der Waals surface area (Å²) in [7, 11) is 3.46. The highest BCUT2D eigenvalue weighted by atomic mass is 35.5. The van der Waals surface area contributed by atoms with E-state index in [1.54, 1.807) is 23.9 Å². The van der Waals surface area contributed by atoms with E-state index in [2.05, 4.69) is 12.2 Å². The van der Waals surface area contributed by atoms with Gasteiger partial charge in [0.1, 0.15) is 0 Å². The van der Waals surface area contributed by atoms with Crippen LogP contribution in [0, 0.1) is 11.8 Å². The van der Waals surface area contributed by atoms with Gasteiger partial charge >= 0.3 is 0 Å². The molecule has 0 aromatic rings. The van der Waals surface area contributed by atoms with Gasteiger partial charge in [0.25, 0.3) is 0 Å². The van der Waals surface area contributed by atoms with Crippen LogP contribution >= 0.6 is 12.4 Å². The van der Waals surface area contributed by atoms with E-state index >= 15 is 0 Å². The molecule has 0 bridgehead atoms. The van der Waals surface area contributed by atoms with Crippen molar-refractivity contribution >= 4 is 24.2 Å². The summed E-state index contributed by atoms with van der Waals surface area (Å²) in [4.78, 5) is 27.6. The maximum absolute atomic E-state index is 12.5. The fraction of sp³-hybridized carbons (Fsp3) is 0.875.